The van der Waals surface area contributed by atoms with E-state index < -0.39 is 17.7 Å². The average molecular weight is 332 g/mol. The largest absolute Gasteiger partial charge is 0.503 e. The number of Topliss-reactive ketones (excluding diaryl/α,β-unsaturated/α-hetero) is 1. The molecule has 0 saturated carbocycles. The number of nitrogens with zero attached hydrogens (tertiary/aromatic N) is 2. The molecule has 2 rings (SSSR count). The second kappa shape index (κ2) is 8.06. The van der Waals surface area contributed by atoms with Gasteiger partial charge in [0.25, 0.3) is 5.91 Å². The van der Waals surface area contributed by atoms with Crippen LogP contribution in [0.4, 0.5) is 0 Å². The van der Waals surface area contributed by atoms with Crippen LogP contribution < -0.4 is 0 Å². The van der Waals surface area contributed by atoms with Crippen molar-refractivity contribution in [3.8, 4) is 0 Å². The molecule has 0 saturated heterocycles. The number of aliphatic hydroxyl groups excluding tert-OH is 1. The third-order valence-corrected chi connectivity index (χ3v) is 3.89. The lowest BCUT2D eigenvalue weighted by molar-refractivity contribution is -0.129. The highest BCUT2D eigenvalue weighted by Gasteiger charge is 2.43. The zero-order valence-corrected chi connectivity index (χ0v) is 14.4. The van der Waals surface area contributed by atoms with Crippen LogP contribution in [0.25, 0.3) is 0 Å². The summed E-state index contributed by atoms with van der Waals surface area (Å²) >= 11 is 0. The molecule has 1 aromatic heterocycles. The lowest BCUT2D eigenvalue weighted by atomic mass is 9.98. The van der Waals surface area contributed by atoms with Crippen molar-refractivity contribution in [3.05, 3.63) is 41.4 Å². The van der Waals surface area contributed by atoms with Gasteiger partial charge in [0.15, 0.2) is 11.5 Å². The van der Waals surface area contributed by atoms with E-state index in [1.54, 1.807) is 31.3 Å². The van der Waals surface area contributed by atoms with E-state index >= 15 is 0 Å². The van der Waals surface area contributed by atoms with E-state index in [0.29, 0.717) is 25.3 Å². The molecule has 24 heavy (non-hydrogen) atoms. The molecule has 6 heteroatoms. The molecule has 0 aliphatic carbocycles. The number of carbonyl (C=O) groups is 2. The molecule has 0 spiro atoms. The monoisotopic (exact) mass is 332 g/mol. The molecule has 0 fully saturated rings. The van der Waals surface area contributed by atoms with Gasteiger partial charge in [-0.3, -0.25) is 14.6 Å². The lowest BCUT2D eigenvalue weighted by Gasteiger charge is -2.26. The second-order valence-electron chi connectivity index (χ2n) is 5.97. The fraction of sp³-hybridized carbons (Fsp3) is 0.500. The Labute approximate surface area is 142 Å². The third kappa shape index (κ3) is 3.82. The summed E-state index contributed by atoms with van der Waals surface area (Å²) in [6, 6.07) is 4.70. The Kier molecular flexibility index (Phi) is 6.09. The van der Waals surface area contributed by atoms with Gasteiger partial charge in [-0.25, -0.2) is 0 Å². The number of aromatic nitrogens is 1. The van der Waals surface area contributed by atoms with E-state index in [4.69, 9.17) is 4.74 Å². The summed E-state index contributed by atoms with van der Waals surface area (Å²) < 4.78 is 5.50. The standard InChI is InChI=1S/C18H24N2O4/c1-4-14(21)15-16(13-8-5-6-9-19-13)20(18(23)17(15)22)10-7-11-24-12(2)3/h5-6,8-9,12,16,22H,4,7,10-11H2,1-3H3. The number of aliphatic hydroxyl groups is 1. The zero-order chi connectivity index (χ0) is 17.7. The van der Waals surface area contributed by atoms with Gasteiger partial charge in [-0.1, -0.05) is 13.0 Å². The minimum Gasteiger partial charge on any atom is -0.503 e. The summed E-state index contributed by atoms with van der Waals surface area (Å²) in [5.41, 5.74) is 0.724. The van der Waals surface area contributed by atoms with Crippen molar-refractivity contribution < 1.29 is 19.4 Å². The number of hydrogen-bond donors (Lipinski definition) is 1. The predicted octanol–water partition coefficient (Wildman–Crippen LogP) is 2.57. The van der Waals surface area contributed by atoms with E-state index in [1.165, 1.54) is 4.90 Å². The molecule has 2 heterocycles. The van der Waals surface area contributed by atoms with E-state index in [9.17, 15) is 14.7 Å². The molecular weight excluding hydrogens is 308 g/mol. The molecule has 1 atom stereocenters. The number of carbonyl (C=O) groups excluding carboxylic acids is 2. The van der Waals surface area contributed by atoms with Crippen LogP contribution >= 0.6 is 0 Å². The first kappa shape index (κ1) is 18.1. The third-order valence-electron chi connectivity index (χ3n) is 3.89. The highest BCUT2D eigenvalue weighted by Crippen LogP contribution is 2.37. The Bertz CT molecular complexity index is 625. The normalized spacial score (nSPS) is 17.9. The lowest BCUT2D eigenvalue weighted by Crippen LogP contribution is -2.33. The Morgan fingerprint density at radius 2 is 2.17 bits per heavy atom. The van der Waals surface area contributed by atoms with Gasteiger partial charge in [0.1, 0.15) is 6.04 Å². The van der Waals surface area contributed by atoms with Crippen molar-refractivity contribution in [1.82, 2.24) is 9.88 Å². The molecule has 1 N–H and O–H groups in total. The number of hydrogen-bond acceptors (Lipinski definition) is 5. The summed E-state index contributed by atoms with van der Waals surface area (Å²) in [4.78, 5) is 30.5. The van der Waals surface area contributed by atoms with E-state index in [-0.39, 0.29) is 23.9 Å². The maximum absolute atomic E-state index is 12.4. The minimum absolute atomic E-state index is 0.120. The molecule has 1 aromatic rings. The van der Waals surface area contributed by atoms with Gasteiger partial charge in [-0.2, -0.15) is 0 Å². The van der Waals surface area contributed by atoms with Crippen molar-refractivity contribution in [2.45, 2.75) is 45.8 Å². The van der Waals surface area contributed by atoms with Crippen LogP contribution in [-0.2, 0) is 14.3 Å². The molecule has 1 amide bonds. The first-order valence-electron chi connectivity index (χ1n) is 8.27. The zero-order valence-electron chi connectivity index (χ0n) is 14.4. The molecule has 130 valence electrons. The Balaban J connectivity index is 2.26. The van der Waals surface area contributed by atoms with Crippen LogP contribution in [0.2, 0.25) is 0 Å². The summed E-state index contributed by atoms with van der Waals surface area (Å²) in [7, 11) is 0. The second-order valence-corrected chi connectivity index (χ2v) is 5.97. The van der Waals surface area contributed by atoms with E-state index in [2.05, 4.69) is 4.98 Å². The Hall–Kier alpha value is -2.21. The van der Waals surface area contributed by atoms with Crippen LogP contribution in [0.3, 0.4) is 0 Å². The maximum atomic E-state index is 12.4. The Morgan fingerprint density at radius 3 is 2.75 bits per heavy atom. The van der Waals surface area contributed by atoms with Crippen molar-refractivity contribution in [2.75, 3.05) is 13.2 Å². The molecule has 1 unspecified atom stereocenters. The van der Waals surface area contributed by atoms with Gasteiger partial charge >= 0.3 is 0 Å². The first-order chi connectivity index (χ1) is 11.5. The minimum atomic E-state index is -0.634. The van der Waals surface area contributed by atoms with Gasteiger partial charge in [0.2, 0.25) is 0 Å². The summed E-state index contributed by atoms with van der Waals surface area (Å²) in [6.07, 6.45) is 2.58. The van der Waals surface area contributed by atoms with Crippen LogP contribution in [0, 0.1) is 0 Å². The Morgan fingerprint density at radius 1 is 1.42 bits per heavy atom. The summed E-state index contributed by atoms with van der Waals surface area (Å²) in [5, 5.41) is 10.2. The first-order valence-corrected chi connectivity index (χ1v) is 8.27. The number of amides is 1. The van der Waals surface area contributed by atoms with Crippen LogP contribution in [0.1, 0.15) is 45.3 Å². The molecule has 0 radical (unpaired) electrons. The SMILES string of the molecule is CCC(=O)C1=C(O)C(=O)N(CCCOC(C)C)C1c1ccccn1. The molecule has 0 aromatic carbocycles. The molecule has 1 aliphatic rings. The number of ether oxygens (including phenoxy) is 1. The number of rotatable bonds is 8. The molecule has 0 bridgehead atoms. The molecule has 1 aliphatic heterocycles. The van der Waals surface area contributed by atoms with Gasteiger partial charge in [-0.05, 0) is 32.4 Å². The predicted molar refractivity (Wildman–Crippen MR) is 89.3 cm³/mol. The van der Waals surface area contributed by atoms with Gasteiger partial charge in [0.05, 0.1) is 17.4 Å². The van der Waals surface area contributed by atoms with Crippen LogP contribution in [-0.4, -0.2) is 45.9 Å². The van der Waals surface area contributed by atoms with Crippen molar-refractivity contribution in [2.24, 2.45) is 0 Å². The summed E-state index contributed by atoms with van der Waals surface area (Å²) in [6.45, 7) is 6.50. The van der Waals surface area contributed by atoms with Crippen molar-refractivity contribution in [1.29, 1.82) is 0 Å². The molecule has 6 nitrogen and oxygen atoms in total. The fourth-order valence-electron chi connectivity index (χ4n) is 2.76. The van der Waals surface area contributed by atoms with Gasteiger partial charge in [0, 0.05) is 25.8 Å². The topological polar surface area (TPSA) is 79.7 Å². The van der Waals surface area contributed by atoms with Gasteiger partial charge in [-0.15, -0.1) is 0 Å². The van der Waals surface area contributed by atoms with Crippen molar-refractivity contribution in [3.63, 3.8) is 0 Å². The molecular formula is C18H24N2O4. The van der Waals surface area contributed by atoms with Crippen molar-refractivity contribution >= 4 is 11.7 Å². The smallest absolute Gasteiger partial charge is 0.290 e. The average Bonchev–Trinajstić information content (AvgIpc) is 2.83. The van der Waals surface area contributed by atoms with Crippen LogP contribution in [0.15, 0.2) is 35.7 Å². The van der Waals surface area contributed by atoms with E-state index in [1.807, 2.05) is 13.8 Å². The number of pyridine rings is 1. The summed E-state index contributed by atoms with van der Waals surface area (Å²) in [5.74, 6) is -1.22. The fourth-order valence-corrected chi connectivity index (χ4v) is 2.76. The maximum Gasteiger partial charge on any atom is 0.290 e. The highest BCUT2D eigenvalue weighted by atomic mass is 16.5. The van der Waals surface area contributed by atoms with Gasteiger partial charge < -0.3 is 14.7 Å². The van der Waals surface area contributed by atoms with Crippen LogP contribution in [0.5, 0.6) is 0 Å². The highest BCUT2D eigenvalue weighted by molar-refractivity contribution is 6.08. The van der Waals surface area contributed by atoms with E-state index in [0.717, 1.165) is 0 Å². The number of ketones is 1. The quantitative estimate of drug-likeness (QED) is 0.740.